The van der Waals surface area contributed by atoms with E-state index in [9.17, 15) is 9.90 Å². The summed E-state index contributed by atoms with van der Waals surface area (Å²) in [4.78, 5) is 12.3. The van der Waals surface area contributed by atoms with Gasteiger partial charge in [-0.3, -0.25) is 0 Å². The SMILES string of the molecule is CC1(C)CC(NC(=O)NCC2(O)CCc3ccccc32)C(C)(C)O1. The van der Waals surface area contributed by atoms with E-state index in [4.69, 9.17) is 4.74 Å². The van der Waals surface area contributed by atoms with Gasteiger partial charge in [0.05, 0.1) is 23.8 Å². The molecule has 1 fully saturated rings. The number of ether oxygens (including phenoxy) is 1. The highest BCUT2D eigenvalue weighted by Crippen LogP contribution is 2.38. The second kappa shape index (κ2) is 5.74. The van der Waals surface area contributed by atoms with Crippen LogP contribution in [0.5, 0.6) is 0 Å². The quantitative estimate of drug-likeness (QED) is 0.796. The third kappa shape index (κ3) is 3.28. The van der Waals surface area contributed by atoms with Crippen LogP contribution in [-0.4, -0.2) is 34.9 Å². The number of amides is 2. The van der Waals surface area contributed by atoms with E-state index in [1.807, 2.05) is 52.0 Å². The van der Waals surface area contributed by atoms with E-state index in [1.54, 1.807) is 0 Å². The maximum absolute atomic E-state index is 12.3. The summed E-state index contributed by atoms with van der Waals surface area (Å²) in [5, 5.41) is 16.7. The Morgan fingerprint density at radius 1 is 1.29 bits per heavy atom. The first-order valence-electron chi connectivity index (χ1n) is 8.67. The molecule has 132 valence electrons. The number of fused-ring (bicyclic) bond motifs is 1. The molecule has 2 atom stereocenters. The lowest BCUT2D eigenvalue weighted by atomic mass is 9.94. The van der Waals surface area contributed by atoms with Gasteiger partial charge in [0.2, 0.25) is 0 Å². The molecule has 24 heavy (non-hydrogen) atoms. The Labute approximate surface area is 143 Å². The van der Waals surface area contributed by atoms with Gasteiger partial charge < -0.3 is 20.5 Å². The van der Waals surface area contributed by atoms with E-state index >= 15 is 0 Å². The zero-order chi connectivity index (χ0) is 17.6. The van der Waals surface area contributed by atoms with Crippen LogP contribution in [0.4, 0.5) is 4.79 Å². The van der Waals surface area contributed by atoms with Crippen LogP contribution in [0.3, 0.4) is 0 Å². The minimum Gasteiger partial charge on any atom is -0.383 e. The van der Waals surface area contributed by atoms with Crippen LogP contribution in [0.25, 0.3) is 0 Å². The first-order valence-corrected chi connectivity index (χ1v) is 8.67. The molecular formula is C19H28N2O3. The first kappa shape index (κ1) is 17.2. The van der Waals surface area contributed by atoms with Crippen molar-refractivity contribution in [3.8, 4) is 0 Å². The minimum atomic E-state index is -0.977. The van der Waals surface area contributed by atoms with E-state index in [1.165, 1.54) is 0 Å². The molecule has 0 bridgehead atoms. The van der Waals surface area contributed by atoms with Gasteiger partial charge >= 0.3 is 6.03 Å². The highest BCUT2D eigenvalue weighted by molar-refractivity contribution is 5.74. The lowest BCUT2D eigenvalue weighted by Crippen LogP contribution is -2.51. The van der Waals surface area contributed by atoms with Crippen LogP contribution in [0.1, 0.15) is 51.7 Å². The van der Waals surface area contributed by atoms with Crippen molar-refractivity contribution in [2.24, 2.45) is 0 Å². The Morgan fingerprint density at radius 2 is 2.00 bits per heavy atom. The van der Waals surface area contributed by atoms with E-state index in [-0.39, 0.29) is 24.2 Å². The summed E-state index contributed by atoms with van der Waals surface area (Å²) in [5.74, 6) is 0. The van der Waals surface area contributed by atoms with Gasteiger partial charge in [-0.25, -0.2) is 4.79 Å². The number of carbonyl (C=O) groups is 1. The Kier molecular flexibility index (Phi) is 4.12. The molecule has 1 aromatic rings. The summed E-state index contributed by atoms with van der Waals surface area (Å²) in [5.41, 5.74) is 0.460. The monoisotopic (exact) mass is 332 g/mol. The molecule has 1 saturated heterocycles. The molecule has 1 aliphatic carbocycles. The van der Waals surface area contributed by atoms with Gasteiger partial charge in [-0.1, -0.05) is 24.3 Å². The van der Waals surface area contributed by atoms with Crippen molar-refractivity contribution >= 4 is 6.03 Å². The fourth-order valence-electron chi connectivity index (χ4n) is 4.07. The average molecular weight is 332 g/mol. The number of nitrogens with one attached hydrogen (secondary N) is 2. The maximum Gasteiger partial charge on any atom is 0.315 e. The van der Waals surface area contributed by atoms with Crippen molar-refractivity contribution in [1.29, 1.82) is 0 Å². The molecule has 1 aromatic carbocycles. The Hall–Kier alpha value is -1.59. The summed E-state index contributed by atoms with van der Waals surface area (Å²) < 4.78 is 6.00. The van der Waals surface area contributed by atoms with E-state index in [0.717, 1.165) is 24.0 Å². The number of benzene rings is 1. The van der Waals surface area contributed by atoms with Crippen LogP contribution in [0, 0.1) is 0 Å². The van der Waals surface area contributed by atoms with Gasteiger partial charge in [0, 0.05) is 0 Å². The van der Waals surface area contributed by atoms with Gasteiger partial charge in [0.1, 0.15) is 5.60 Å². The van der Waals surface area contributed by atoms with Gasteiger partial charge in [-0.2, -0.15) is 0 Å². The Bertz CT molecular complexity index is 641. The second-order valence-corrected chi connectivity index (χ2v) is 8.24. The van der Waals surface area contributed by atoms with Gasteiger partial charge in [0.25, 0.3) is 0 Å². The molecular weight excluding hydrogens is 304 g/mol. The van der Waals surface area contributed by atoms with E-state index in [2.05, 4.69) is 10.6 Å². The van der Waals surface area contributed by atoms with Crippen LogP contribution in [0.15, 0.2) is 24.3 Å². The zero-order valence-corrected chi connectivity index (χ0v) is 15.0. The van der Waals surface area contributed by atoms with Crippen LogP contribution >= 0.6 is 0 Å². The highest BCUT2D eigenvalue weighted by atomic mass is 16.5. The first-order chi connectivity index (χ1) is 11.1. The molecule has 0 saturated carbocycles. The van der Waals surface area contributed by atoms with Gasteiger partial charge in [-0.15, -0.1) is 0 Å². The number of hydrogen-bond donors (Lipinski definition) is 3. The molecule has 5 nitrogen and oxygen atoms in total. The van der Waals surface area contributed by atoms with Crippen LogP contribution in [-0.2, 0) is 16.8 Å². The summed E-state index contributed by atoms with van der Waals surface area (Å²) >= 11 is 0. The number of urea groups is 1. The number of carbonyl (C=O) groups excluding carboxylic acids is 1. The number of hydrogen-bond acceptors (Lipinski definition) is 3. The lowest BCUT2D eigenvalue weighted by molar-refractivity contribution is -0.0691. The molecule has 0 aromatic heterocycles. The lowest BCUT2D eigenvalue weighted by Gasteiger charge is -2.29. The third-order valence-corrected chi connectivity index (χ3v) is 5.25. The Morgan fingerprint density at radius 3 is 2.67 bits per heavy atom. The predicted molar refractivity (Wildman–Crippen MR) is 92.8 cm³/mol. The Balaban J connectivity index is 1.59. The number of aryl methyl sites for hydroxylation is 1. The summed E-state index contributed by atoms with van der Waals surface area (Å²) in [6.45, 7) is 8.27. The molecule has 5 heteroatoms. The van der Waals surface area contributed by atoms with Crippen molar-refractivity contribution < 1.29 is 14.6 Å². The predicted octanol–water partition coefficient (Wildman–Crippen LogP) is 2.47. The average Bonchev–Trinajstić information content (AvgIpc) is 2.92. The highest BCUT2D eigenvalue weighted by Gasteiger charge is 2.46. The largest absolute Gasteiger partial charge is 0.383 e. The molecule has 2 amide bonds. The van der Waals surface area contributed by atoms with Crippen molar-refractivity contribution in [3.05, 3.63) is 35.4 Å². The minimum absolute atomic E-state index is 0.0574. The fourth-order valence-corrected chi connectivity index (χ4v) is 4.07. The topological polar surface area (TPSA) is 70.6 Å². The zero-order valence-electron chi connectivity index (χ0n) is 15.0. The van der Waals surface area contributed by atoms with Crippen molar-refractivity contribution in [2.75, 3.05) is 6.54 Å². The van der Waals surface area contributed by atoms with Gasteiger partial charge in [0.15, 0.2) is 0 Å². The molecule has 1 heterocycles. The van der Waals surface area contributed by atoms with E-state index in [0.29, 0.717) is 6.42 Å². The smallest absolute Gasteiger partial charge is 0.315 e. The van der Waals surface area contributed by atoms with Crippen LogP contribution < -0.4 is 10.6 Å². The summed E-state index contributed by atoms with van der Waals surface area (Å²) in [6.07, 6.45) is 2.24. The fraction of sp³-hybridized carbons (Fsp3) is 0.632. The molecule has 0 radical (unpaired) electrons. The van der Waals surface area contributed by atoms with Crippen molar-refractivity contribution in [1.82, 2.24) is 10.6 Å². The van der Waals surface area contributed by atoms with Crippen molar-refractivity contribution in [3.63, 3.8) is 0 Å². The molecule has 1 aliphatic heterocycles. The number of aliphatic hydroxyl groups is 1. The number of rotatable bonds is 3. The summed E-state index contributed by atoms with van der Waals surface area (Å²) in [7, 11) is 0. The van der Waals surface area contributed by atoms with Crippen LogP contribution in [0.2, 0.25) is 0 Å². The van der Waals surface area contributed by atoms with E-state index < -0.39 is 11.2 Å². The molecule has 2 unspecified atom stereocenters. The summed E-state index contributed by atoms with van der Waals surface area (Å²) in [6, 6.07) is 7.57. The van der Waals surface area contributed by atoms with Crippen molar-refractivity contribution in [2.45, 2.75) is 69.8 Å². The normalized spacial score (nSPS) is 30.0. The maximum atomic E-state index is 12.3. The molecule has 2 aliphatic rings. The van der Waals surface area contributed by atoms with Gasteiger partial charge in [-0.05, 0) is 58.1 Å². The molecule has 3 N–H and O–H groups in total. The second-order valence-electron chi connectivity index (χ2n) is 8.24. The molecule has 0 spiro atoms. The standard InChI is InChI=1S/C19H28N2O3/c1-17(2)11-15(18(3,4)24-17)21-16(22)20-12-19(23)10-9-13-7-5-6-8-14(13)19/h5-8,15,23H,9-12H2,1-4H3,(H2,20,21,22). The molecule has 3 rings (SSSR count). The third-order valence-electron chi connectivity index (χ3n) is 5.25.